The Bertz CT molecular complexity index is 190. The van der Waals surface area contributed by atoms with Gasteiger partial charge < -0.3 is 15.3 Å². The highest BCUT2D eigenvalue weighted by Gasteiger charge is 2.21. The summed E-state index contributed by atoms with van der Waals surface area (Å²) in [4.78, 5) is 13.3. The molecule has 0 aromatic heterocycles. The average molecular weight is 201 g/mol. The van der Waals surface area contributed by atoms with Crippen molar-refractivity contribution in [2.75, 3.05) is 27.2 Å². The molecule has 1 heterocycles. The Balaban J connectivity index is 2.27. The molecule has 5 heteroatoms. The van der Waals surface area contributed by atoms with E-state index in [1.165, 1.54) is 7.05 Å². The van der Waals surface area contributed by atoms with Crippen molar-refractivity contribution in [1.29, 1.82) is 0 Å². The van der Waals surface area contributed by atoms with Crippen LogP contribution in [-0.2, 0) is 4.79 Å². The number of hydrogen-bond donors (Lipinski definition) is 3. The summed E-state index contributed by atoms with van der Waals surface area (Å²) in [6.45, 7) is 2.02. The number of aliphatic hydroxyl groups is 1. The Morgan fingerprint density at radius 3 is 2.57 bits per heavy atom. The van der Waals surface area contributed by atoms with E-state index in [-0.39, 0.29) is 11.9 Å². The van der Waals surface area contributed by atoms with E-state index in [1.807, 2.05) is 0 Å². The fourth-order valence-corrected chi connectivity index (χ4v) is 1.61. The smallest absolute Gasteiger partial charge is 0.263 e. The molecule has 5 nitrogen and oxygen atoms in total. The summed E-state index contributed by atoms with van der Waals surface area (Å²) in [5.74, 6) is -0.371. The third kappa shape index (κ3) is 3.25. The molecule has 82 valence electrons. The molecule has 3 N–H and O–H groups in total. The van der Waals surface area contributed by atoms with Crippen LogP contribution in [0.25, 0.3) is 0 Å². The van der Waals surface area contributed by atoms with Gasteiger partial charge in [0.25, 0.3) is 5.91 Å². The first-order chi connectivity index (χ1) is 6.63. The number of likely N-dealkylation sites (tertiary alicyclic amines) is 1. The van der Waals surface area contributed by atoms with Gasteiger partial charge in [0.2, 0.25) is 0 Å². The number of piperidine rings is 1. The van der Waals surface area contributed by atoms with Gasteiger partial charge in [-0.2, -0.15) is 0 Å². The van der Waals surface area contributed by atoms with E-state index < -0.39 is 6.23 Å². The summed E-state index contributed by atoms with van der Waals surface area (Å²) in [6, 6.07) is 0.249. The van der Waals surface area contributed by atoms with Crippen molar-refractivity contribution in [3.05, 3.63) is 0 Å². The summed E-state index contributed by atoms with van der Waals surface area (Å²) in [6.07, 6.45) is 0.878. The molecule has 0 aliphatic carbocycles. The molecular formula is C9H19N3O2. The zero-order valence-electron chi connectivity index (χ0n) is 8.79. The third-order valence-corrected chi connectivity index (χ3v) is 2.61. The summed E-state index contributed by atoms with van der Waals surface area (Å²) in [7, 11) is 3.59. The molecule has 1 atom stereocenters. The summed E-state index contributed by atoms with van der Waals surface area (Å²) in [5.41, 5.74) is 0. The number of aliphatic hydroxyl groups excluding tert-OH is 1. The molecule has 0 bridgehead atoms. The van der Waals surface area contributed by atoms with Gasteiger partial charge in [-0.1, -0.05) is 0 Å². The van der Waals surface area contributed by atoms with Crippen molar-refractivity contribution in [2.45, 2.75) is 25.1 Å². The van der Waals surface area contributed by atoms with Gasteiger partial charge in [0.15, 0.2) is 6.23 Å². The number of hydrogen-bond acceptors (Lipinski definition) is 4. The fraction of sp³-hybridized carbons (Fsp3) is 0.889. The molecule has 0 aromatic rings. The normalized spacial score (nSPS) is 21.9. The van der Waals surface area contributed by atoms with Crippen LogP contribution >= 0.6 is 0 Å². The van der Waals surface area contributed by atoms with E-state index in [9.17, 15) is 9.90 Å². The van der Waals surface area contributed by atoms with E-state index in [0.29, 0.717) is 0 Å². The maximum Gasteiger partial charge on any atom is 0.263 e. The first-order valence-corrected chi connectivity index (χ1v) is 4.97. The Morgan fingerprint density at radius 1 is 1.50 bits per heavy atom. The van der Waals surface area contributed by atoms with Crippen LogP contribution in [0.5, 0.6) is 0 Å². The van der Waals surface area contributed by atoms with Crippen molar-refractivity contribution in [3.8, 4) is 0 Å². The molecule has 1 unspecified atom stereocenters. The Morgan fingerprint density at radius 2 is 2.07 bits per heavy atom. The lowest BCUT2D eigenvalue weighted by molar-refractivity contribution is -0.131. The molecule has 1 rings (SSSR count). The molecule has 0 spiro atoms. The molecule has 1 saturated heterocycles. The number of amides is 1. The van der Waals surface area contributed by atoms with Crippen LogP contribution in [0.3, 0.4) is 0 Å². The van der Waals surface area contributed by atoms with Crippen LogP contribution in [0.4, 0.5) is 0 Å². The van der Waals surface area contributed by atoms with Gasteiger partial charge in [-0.05, 0) is 33.0 Å². The van der Waals surface area contributed by atoms with Gasteiger partial charge in [-0.15, -0.1) is 0 Å². The van der Waals surface area contributed by atoms with E-state index in [4.69, 9.17) is 0 Å². The fourth-order valence-electron chi connectivity index (χ4n) is 1.61. The number of likely N-dealkylation sites (N-methyl/N-ethyl adjacent to an activating group) is 1. The lowest BCUT2D eigenvalue weighted by Crippen LogP contribution is -2.50. The van der Waals surface area contributed by atoms with E-state index >= 15 is 0 Å². The number of nitrogens with one attached hydrogen (secondary N) is 2. The first-order valence-electron chi connectivity index (χ1n) is 4.97. The van der Waals surface area contributed by atoms with Crippen LogP contribution in [0.2, 0.25) is 0 Å². The van der Waals surface area contributed by atoms with Crippen molar-refractivity contribution < 1.29 is 9.90 Å². The van der Waals surface area contributed by atoms with Gasteiger partial charge in [0.05, 0.1) is 0 Å². The third-order valence-electron chi connectivity index (χ3n) is 2.61. The number of nitrogens with zero attached hydrogens (tertiary/aromatic N) is 1. The molecule has 1 fully saturated rings. The Hall–Kier alpha value is -0.650. The predicted molar refractivity (Wildman–Crippen MR) is 53.7 cm³/mol. The van der Waals surface area contributed by atoms with Gasteiger partial charge in [0, 0.05) is 13.1 Å². The lowest BCUT2D eigenvalue weighted by atomic mass is 10.1. The zero-order valence-corrected chi connectivity index (χ0v) is 8.79. The largest absolute Gasteiger partial charge is 0.370 e. The van der Waals surface area contributed by atoms with Crippen LogP contribution in [0.1, 0.15) is 12.8 Å². The topological polar surface area (TPSA) is 64.6 Å². The van der Waals surface area contributed by atoms with E-state index in [0.717, 1.165) is 25.9 Å². The molecule has 0 radical (unpaired) electrons. The Labute approximate surface area is 84.5 Å². The van der Waals surface area contributed by atoms with Crippen molar-refractivity contribution in [1.82, 2.24) is 15.5 Å². The second-order valence-electron chi connectivity index (χ2n) is 3.76. The molecule has 1 aliphatic rings. The Kier molecular flexibility index (Phi) is 4.31. The first kappa shape index (κ1) is 11.4. The quantitative estimate of drug-likeness (QED) is 0.498. The maximum atomic E-state index is 11.0. The SMILES string of the molecule is CNC(=O)C(O)NC1CCN(C)CC1. The number of carbonyl (C=O) groups is 1. The second kappa shape index (κ2) is 5.29. The van der Waals surface area contributed by atoms with Gasteiger partial charge in [-0.3, -0.25) is 10.1 Å². The molecule has 14 heavy (non-hydrogen) atoms. The number of carbonyl (C=O) groups excluding carboxylic acids is 1. The van der Waals surface area contributed by atoms with Crippen molar-refractivity contribution in [3.63, 3.8) is 0 Å². The molecule has 1 amide bonds. The summed E-state index contributed by atoms with van der Waals surface area (Å²) in [5, 5.41) is 14.7. The zero-order chi connectivity index (χ0) is 10.6. The molecule has 1 aliphatic heterocycles. The van der Waals surface area contributed by atoms with Crippen LogP contribution in [-0.4, -0.2) is 55.4 Å². The second-order valence-corrected chi connectivity index (χ2v) is 3.76. The van der Waals surface area contributed by atoms with Crippen molar-refractivity contribution in [2.24, 2.45) is 0 Å². The van der Waals surface area contributed by atoms with Gasteiger partial charge in [0.1, 0.15) is 0 Å². The van der Waals surface area contributed by atoms with Crippen LogP contribution in [0, 0.1) is 0 Å². The monoisotopic (exact) mass is 201 g/mol. The molecule has 0 saturated carbocycles. The summed E-state index contributed by atoms with van der Waals surface area (Å²) >= 11 is 0. The maximum absolute atomic E-state index is 11.0. The highest BCUT2D eigenvalue weighted by Crippen LogP contribution is 2.08. The summed E-state index contributed by atoms with van der Waals surface area (Å²) < 4.78 is 0. The predicted octanol–water partition coefficient (Wildman–Crippen LogP) is -1.27. The lowest BCUT2D eigenvalue weighted by Gasteiger charge is -2.30. The molecule has 0 aromatic carbocycles. The minimum Gasteiger partial charge on any atom is -0.370 e. The van der Waals surface area contributed by atoms with Crippen LogP contribution < -0.4 is 10.6 Å². The minimum atomic E-state index is -1.08. The van der Waals surface area contributed by atoms with Crippen LogP contribution in [0.15, 0.2) is 0 Å². The number of rotatable bonds is 3. The minimum absolute atomic E-state index is 0.249. The highest BCUT2D eigenvalue weighted by atomic mass is 16.3. The van der Waals surface area contributed by atoms with E-state index in [2.05, 4.69) is 22.6 Å². The van der Waals surface area contributed by atoms with E-state index in [1.54, 1.807) is 0 Å². The average Bonchev–Trinajstić information content (AvgIpc) is 2.20. The van der Waals surface area contributed by atoms with Gasteiger partial charge >= 0.3 is 0 Å². The molecular weight excluding hydrogens is 182 g/mol. The van der Waals surface area contributed by atoms with Crippen molar-refractivity contribution >= 4 is 5.91 Å². The standard InChI is InChI=1S/C9H19N3O2/c1-10-8(13)9(14)11-7-3-5-12(2)6-4-7/h7,9,11,14H,3-6H2,1-2H3,(H,10,13). The van der Waals surface area contributed by atoms with Gasteiger partial charge in [-0.25, -0.2) is 0 Å². The highest BCUT2D eigenvalue weighted by molar-refractivity contribution is 5.79.